The molecule has 0 aromatic heterocycles. The lowest BCUT2D eigenvalue weighted by atomic mass is 10.2. The van der Waals surface area contributed by atoms with Gasteiger partial charge in [0.1, 0.15) is 0 Å². The number of nitrogens with one attached hydrogen (secondary N) is 1. The lowest BCUT2D eigenvalue weighted by Crippen LogP contribution is -2.37. The van der Waals surface area contributed by atoms with Crippen LogP contribution in [0.3, 0.4) is 0 Å². The minimum absolute atomic E-state index is 0.0905. The largest absolute Gasteiger partial charge is 0.354 e. The van der Waals surface area contributed by atoms with Crippen molar-refractivity contribution < 1.29 is 13.2 Å². The normalized spacial score (nSPS) is 12.8. The minimum Gasteiger partial charge on any atom is -0.354 e. The molecule has 0 saturated carbocycles. The first-order valence-corrected chi connectivity index (χ1v) is 9.82. The van der Waals surface area contributed by atoms with Crippen LogP contribution in [0, 0.1) is 6.92 Å². The summed E-state index contributed by atoms with van der Waals surface area (Å²) >= 11 is 3.40. The van der Waals surface area contributed by atoms with Gasteiger partial charge < -0.3 is 5.32 Å². The molecule has 1 rings (SSSR count). The Labute approximate surface area is 141 Å². The van der Waals surface area contributed by atoms with E-state index < -0.39 is 10.0 Å². The minimum atomic E-state index is -3.44. The Morgan fingerprint density at radius 3 is 2.55 bits per heavy atom. The van der Waals surface area contributed by atoms with Gasteiger partial charge in [-0.1, -0.05) is 28.9 Å². The molecule has 1 aromatic rings. The van der Waals surface area contributed by atoms with Crippen molar-refractivity contribution >= 4 is 37.5 Å². The molecule has 5 nitrogen and oxygen atoms in total. The summed E-state index contributed by atoms with van der Waals surface area (Å²) in [6.07, 6.45) is 2.11. The number of sulfonamides is 1. The third-order valence-electron chi connectivity index (χ3n) is 3.41. The molecule has 7 heteroatoms. The lowest BCUT2D eigenvalue weighted by Gasteiger charge is -2.23. The first-order chi connectivity index (χ1) is 10.1. The van der Waals surface area contributed by atoms with Crippen LogP contribution in [0.15, 0.2) is 22.7 Å². The molecule has 1 unspecified atom stereocenters. The standard InChI is InChI=1S/C15H23BrN2O3S/c1-5-12(3)17-15(19)8-9-18(22(4,20)21)13-7-6-11(2)14(16)10-13/h6-7,10,12H,5,8-9H2,1-4H3,(H,17,19). The predicted octanol–water partition coefficient (Wildman–Crippen LogP) is 2.83. The van der Waals surface area contributed by atoms with Gasteiger partial charge in [-0.15, -0.1) is 0 Å². The molecule has 1 aromatic carbocycles. The molecule has 0 fully saturated rings. The summed E-state index contributed by atoms with van der Waals surface area (Å²) in [7, 11) is -3.44. The predicted molar refractivity (Wildman–Crippen MR) is 93.6 cm³/mol. The molecule has 0 aliphatic heterocycles. The van der Waals surface area contributed by atoms with E-state index in [-0.39, 0.29) is 24.9 Å². The van der Waals surface area contributed by atoms with E-state index in [9.17, 15) is 13.2 Å². The number of hydrogen-bond donors (Lipinski definition) is 1. The second-order valence-corrected chi connectivity index (χ2v) is 8.16. The van der Waals surface area contributed by atoms with Gasteiger partial charge in [0.2, 0.25) is 15.9 Å². The fourth-order valence-electron chi connectivity index (χ4n) is 1.88. The van der Waals surface area contributed by atoms with Crippen LogP contribution in [0.25, 0.3) is 0 Å². The van der Waals surface area contributed by atoms with Gasteiger partial charge in [0.15, 0.2) is 0 Å². The fourth-order valence-corrected chi connectivity index (χ4v) is 3.16. The molecule has 0 bridgehead atoms. The van der Waals surface area contributed by atoms with E-state index in [1.54, 1.807) is 12.1 Å². The Morgan fingerprint density at radius 2 is 2.05 bits per heavy atom. The van der Waals surface area contributed by atoms with Crippen LogP contribution in [-0.2, 0) is 14.8 Å². The number of benzene rings is 1. The van der Waals surface area contributed by atoms with Gasteiger partial charge in [-0.2, -0.15) is 0 Å². The maximum Gasteiger partial charge on any atom is 0.232 e. The van der Waals surface area contributed by atoms with Crippen LogP contribution in [-0.4, -0.2) is 33.2 Å². The zero-order valence-electron chi connectivity index (χ0n) is 13.4. The molecule has 1 amide bonds. The van der Waals surface area contributed by atoms with E-state index in [2.05, 4.69) is 21.2 Å². The van der Waals surface area contributed by atoms with E-state index >= 15 is 0 Å². The SMILES string of the molecule is CCC(C)NC(=O)CCN(c1ccc(C)c(Br)c1)S(C)(=O)=O. The Morgan fingerprint density at radius 1 is 1.41 bits per heavy atom. The average Bonchev–Trinajstić information content (AvgIpc) is 2.41. The summed E-state index contributed by atoms with van der Waals surface area (Å²) in [5.74, 6) is -0.144. The van der Waals surface area contributed by atoms with Gasteiger partial charge in [0, 0.05) is 23.5 Å². The lowest BCUT2D eigenvalue weighted by molar-refractivity contribution is -0.121. The molecule has 0 aliphatic carbocycles. The summed E-state index contributed by atoms with van der Waals surface area (Å²) in [5.41, 5.74) is 1.57. The Hall–Kier alpha value is -1.08. The molecule has 0 saturated heterocycles. The summed E-state index contributed by atoms with van der Waals surface area (Å²) in [4.78, 5) is 11.9. The second-order valence-electron chi connectivity index (χ2n) is 5.40. The van der Waals surface area contributed by atoms with Crippen LogP contribution in [0.5, 0.6) is 0 Å². The number of rotatable bonds is 7. The maximum absolute atomic E-state index is 12.0. The highest BCUT2D eigenvalue weighted by molar-refractivity contribution is 9.10. The number of hydrogen-bond acceptors (Lipinski definition) is 3. The highest BCUT2D eigenvalue weighted by atomic mass is 79.9. The van der Waals surface area contributed by atoms with Gasteiger partial charge in [-0.05, 0) is 38.0 Å². The van der Waals surface area contributed by atoms with Crippen molar-refractivity contribution in [3.05, 3.63) is 28.2 Å². The number of carbonyl (C=O) groups excluding carboxylic acids is 1. The quantitative estimate of drug-likeness (QED) is 0.777. The Kier molecular flexibility index (Phi) is 6.87. The number of aryl methyl sites for hydroxylation is 1. The van der Waals surface area contributed by atoms with E-state index in [1.165, 1.54) is 4.31 Å². The number of nitrogens with zero attached hydrogens (tertiary/aromatic N) is 1. The second kappa shape index (κ2) is 7.97. The van der Waals surface area contributed by atoms with Crippen LogP contribution < -0.4 is 9.62 Å². The average molecular weight is 391 g/mol. The molecule has 0 aliphatic rings. The number of amides is 1. The van der Waals surface area contributed by atoms with Crippen LogP contribution in [0.4, 0.5) is 5.69 Å². The highest BCUT2D eigenvalue weighted by Crippen LogP contribution is 2.25. The smallest absolute Gasteiger partial charge is 0.232 e. The third kappa shape index (κ3) is 5.61. The van der Waals surface area contributed by atoms with E-state index in [0.29, 0.717) is 5.69 Å². The molecule has 124 valence electrons. The van der Waals surface area contributed by atoms with Crippen molar-refractivity contribution in [1.29, 1.82) is 0 Å². The molecular formula is C15H23BrN2O3S. The Balaban J connectivity index is 2.87. The molecule has 1 atom stereocenters. The zero-order valence-corrected chi connectivity index (χ0v) is 15.8. The highest BCUT2D eigenvalue weighted by Gasteiger charge is 2.19. The molecule has 1 N–H and O–H groups in total. The van der Waals surface area contributed by atoms with Gasteiger partial charge in [-0.3, -0.25) is 9.10 Å². The third-order valence-corrected chi connectivity index (χ3v) is 5.45. The number of halogens is 1. The van der Waals surface area contributed by atoms with Crippen LogP contribution >= 0.6 is 15.9 Å². The van der Waals surface area contributed by atoms with Gasteiger partial charge in [0.05, 0.1) is 11.9 Å². The summed E-state index contributed by atoms with van der Waals surface area (Å²) < 4.78 is 26.1. The molecule has 0 spiro atoms. The van der Waals surface area contributed by atoms with Crippen molar-refractivity contribution in [3.8, 4) is 0 Å². The van der Waals surface area contributed by atoms with E-state index in [0.717, 1.165) is 22.7 Å². The van der Waals surface area contributed by atoms with Crippen molar-refractivity contribution in [2.24, 2.45) is 0 Å². The summed E-state index contributed by atoms with van der Waals surface area (Å²) in [5, 5.41) is 2.84. The van der Waals surface area contributed by atoms with Gasteiger partial charge in [-0.25, -0.2) is 8.42 Å². The summed E-state index contributed by atoms with van der Waals surface area (Å²) in [6, 6.07) is 5.43. The molecule has 22 heavy (non-hydrogen) atoms. The van der Waals surface area contributed by atoms with Gasteiger partial charge in [0.25, 0.3) is 0 Å². The van der Waals surface area contributed by atoms with Crippen molar-refractivity contribution in [1.82, 2.24) is 5.32 Å². The van der Waals surface area contributed by atoms with Gasteiger partial charge >= 0.3 is 0 Å². The fraction of sp³-hybridized carbons (Fsp3) is 0.533. The topological polar surface area (TPSA) is 66.5 Å². The first-order valence-electron chi connectivity index (χ1n) is 7.18. The maximum atomic E-state index is 12.0. The van der Waals surface area contributed by atoms with Crippen molar-refractivity contribution in [3.63, 3.8) is 0 Å². The number of anilines is 1. The molecule has 0 radical (unpaired) electrons. The van der Waals surface area contributed by atoms with Crippen molar-refractivity contribution in [2.75, 3.05) is 17.1 Å². The Bertz CT molecular complexity index is 632. The first kappa shape index (κ1) is 19.0. The van der Waals surface area contributed by atoms with E-state index in [4.69, 9.17) is 0 Å². The summed E-state index contributed by atoms with van der Waals surface area (Å²) in [6.45, 7) is 5.95. The number of carbonyl (C=O) groups is 1. The monoisotopic (exact) mass is 390 g/mol. The van der Waals surface area contributed by atoms with E-state index in [1.807, 2.05) is 26.8 Å². The van der Waals surface area contributed by atoms with Crippen molar-refractivity contribution in [2.45, 2.75) is 39.7 Å². The zero-order chi connectivity index (χ0) is 16.9. The van der Waals surface area contributed by atoms with Crippen LogP contribution in [0.2, 0.25) is 0 Å². The molecule has 0 heterocycles. The van der Waals surface area contributed by atoms with Crippen LogP contribution in [0.1, 0.15) is 32.3 Å². The molecular weight excluding hydrogens is 368 g/mol.